The monoisotopic (exact) mass is 196 g/mol. The van der Waals surface area contributed by atoms with Gasteiger partial charge in [0.1, 0.15) is 12.2 Å². The number of hydrogen-bond acceptors (Lipinski definition) is 3. The second-order valence-corrected chi connectivity index (χ2v) is 3.85. The first-order chi connectivity index (χ1) is 6.75. The summed E-state index contributed by atoms with van der Waals surface area (Å²) < 4.78 is 2.13. The Morgan fingerprint density at radius 2 is 2.14 bits per heavy atom. The van der Waals surface area contributed by atoms with Crippen LogP contribution in [0.25, 0.3) is 0 Å². The van der Waals surface area contributed by atoms with Crippen LogP contribution in [0.4, 0.5) is 0 Å². The van der Waals surface area contributed by atoms with E-state index < -0.39 is 0 Å². The van der Waals surface area contributed by atoms with E-state index in [1.807, 2.05) is 6.33 Å². The van der Waals surface area contributed by atoms with Crippen molar-refractivity contribution in [2.45, 2.75) is 45.6 Å². The minimum absolute atomic E-state index is 0.453. The number of rotatable bonds is 6. The molecule has 0 radical (unpaired) electrons. The fourth-order valence-electron chi connectivity index (χ4n) is 1.48. The lowest BCUT2D eigenvalue weighted by atomic mass is 10.2. The van der Waals surface area contributed by atoms with Crippen LogP contribution < -0.4 is 5.73 Å². The van der Waals surface area contributed by atoms with E-state index in [4.69, 9.17) is 5.73 Å². The van der Waals surface area contributed by atoms with Gasteiger partial charge in [0, 0.05) is 12.5 Å². The molecule has 4 nitrogen and oxygen atoms in total. The number of aryl methyl sites for hydroxylation is 1. The molecule has 0 amide bonds. The van der Waals surface area contributed by atoms with Gasteiger partial charge in [0.25, 0.3) is 0 Å². The lowest BCUT2D eigenvalue weighted by molar-refractivity contribution is 0.552. The van der Waals surface area contributed by atoms with Gasteiger partial charge >= 0.3 is 0 Å². The van der Waals surface area contributed by atoms with E-state index in [2.05, 4.69) is 28.6 Å². The van der Waals surface area contributed by atoms with E-state index >= 15 is 0 Å². The average Bonchev–Trinajstić information content (AvgIpc) is 2.60. The lowest BCUT2D eigenvalue weighted by Gasteiger charge is -2.09. The quantitative estimate of drug-likeness (QED) is 0.702. The summed E-state index contributed by atoms with van der Waals surface area (Å²) in [6.07, 6.45) is 6.26. The lowest BCUT2D eigenvalue weighted by Crippen LogP contribution is -2.06. The third kappa shape index (κ3) is 3.10. The van der Waals surface area contributed by atoms with Gasteiger partial charge in [-0.05, 0) is 33.2 Å². The fourth-order valence-corrected chi connectivity index (χ4v) is 1.48. The van der Waals surface area contributed by atoms with Gasteiger partial charge in [-0.25, -0.2) is 0 Å². The summed E-state index contributed by atoms with van der Waals surface area (Å²) in [4.78, 5) is 0. The predicted molar refractivity (Wildman–Crippen MR) is 57.0 cm³/mol. The molecule has 14 heavy (non-hydrogen) atoms. The fraction of sp³-hybridized carbons (Fsp3) is 0.800. The molecule has 0 saturated heterocycles. The Balaban J connectivity index is 2.38. The number of hydrogen-bond donors (Lipinski definition) is 1. The van der Waals surface area contributed by atoms with E-state index in [-0.39, 0.29) is 0 Å². The van der Waals surface area contributed by atoms with Crippen LogP contribution in [0.15, 0.2) is 6.33 Å². The third-order valence-corrected chi connectivity index (χ3v) is 2.31. The molecule has 0 atom stereocenters. The molecule has 0 aromatic carbocycles. The highest BCUT2D eigenvalue weighted by Crippen LogP contribution is 2.09. The summed E-state index contributed by atoms with van der Waals surface area (Å²) in [6.45, 7) is 5.08. The first-order valence-corrected chi connectivity index (χ1v) is 5.34. The van der Waals surface area contributed by atoms with Gasteiger partial charge in [0.2, 0.25) is 0 Å². The molecule has 0 fully saturated rings. The minimum atomic E-state index is 0.453. The van der Waals surface area contributed by atoms with E-state index in [9.17, 15) is 0 Å². The molecule has 1 rings (SSSR count). The van der Waals surface area contributed by atoms with Gasteiger partial charge in [-0.2, -0.15) is 0 Å². The molecule has 0 aliphatic carbocycles. The zero-order valence-corrected chi connectivity index (χ0v) is 9.11. The normalized spacial score (nSPS) is 11.1. The molecule has 80 valence electrons. The second-order valence-electron chi connectivity index (χ2n) is 3.85. The van der Waals surface area contributed by atoms with Crippen molar-refractivity contribution in [2.24, 2.45) is 5.73 Å². The Hall–Kier alpha value is -0.900. The zero-order valence-electron chi connectivity index (χ0n) is 9.11. The molecule has 0 spiro atoms. The van der Waals surface area contributed by atoms with Gasteiger partial charge in [0.05, 0.1) is 0 Å². The van der Waals surface area contributed by atoms with Crippen molar-refractivity contribution in [3.8, 4) is 0 Å². The van der Waals surface area contributed by atoms with Gasteiger partial charge < -0.3 is 10.3 Å². The smallest absolute Gasteiger partial charge is 0.133 e. The standard InChI is InChI=1S/C10H20N4/c1-9(2)14-8-12-13-10(14)6-4-3-5-7-11/h8-9H,3-7,11H2,1-2H3. The van der Waals surface area contributed by atoms with Crippen molar-refractivity contribution in [1.29, 1.82) is 0 Å². The molecule has 1 aromatic rings. The first kappa shape index (κ1) is 11.2. The third-order valence-electron chi connectivity index (χ3n) is 2.31. The highest BCUT2D eigenvalue weighted by atomic mass is 15.3. The van der Waals surface area contributed by atoms with E-state index in [0.29, 0.717) is 6.04 Å². The van der Waals surface area contributed by atoms with Crippen molar-refractivity contribution in [3.05, 3.63) is 12.2 Å². The predicted octanol–water partition coefficient (Wildman–Crippen LogP) is 1.53. The minimum Gasteiger partial charge on any atom is -0.330 e. The van der Waals surface area contributed by atoms with Crippen molar-refractivity contribution < 1.29 is 0 Å². The van der Waals surface area contributed by atoms with Crippen LogP contribution in [0.2, 0.25) is 0 Å². The Kier molecular flexibility index (Phi) is 4.59. The number of nitrogens with zero attached hydrogens (tertiary/aromatic N) is 3. The van der Waals surface area contributed by atoms with Gasteiger partial charge in [-0.15, -0.1) is 10.2 Å². The Bertz CT molecular complexity index is 254. The first-order valence-electron chi connectivity index (χ1n) is 5.34. The molecule has 0 unspecified atom stereocenters. The molecule has 0 aliphatic rings. The van der Waals surface area contributed by atoms with E-state index in [1.165, 1.54) is 6.42 Å². The molecular formula is C10H20N4. The topological polar surface area (TPSA) is 56.7 Å². The Labute approximate surface area is 85.5 Å². The van der Waals surface area contributed by atoms with Crippen molar-refractivity contribution in [1.82, 2.24) is 14.8 Å². The van der Waals surface area contributed by atoms with Crippen LogP contribution in [-0.4, -0.2) is 21.3 Å². The average molecular weight is 196 g/mol. The zero-order chi connectivity index (χ0) is 10.4. The molecule has 0 aliphatic heterocycles. The highest BCUT2D eigenvalue weighted by molar-refractivity contribution is 4.87. The largest absolute Gasteiger partial charge is 0.330 e. The number of nitrogens with two attached hydrogens (primary N) is 1. The van der Waals surface area contributed by atoms with E-state index in [0.717, 1.165) is 31.6 Å². The number of unbranched alkanes of at least 4 members (excludes halogenated alkanes) is 2. The number of aromatic nitrogens is 3. The van der Waals surface area contributed by atoms with Crippen molar-refractivity contribution >= 4 is 0 Å². The summed E-state index contributed by atoms with van der Waals surface area (Å²) in [6, 6.07) is 0.453. The van der Waals surface area contributed by atoms with Gasteiger partial charge in [-0.1, -0.05) is 6.42 Å². The van der Waals surface area contributed by atoms with Crippen LogP contribution in [-0.2, 0) is 6.42 Å². The molecule has 1 aromatic heterocycles. The van der Waals surface area contributed by atoms with Crippen LogP contribution in [0.3, 0.4) is 0 Å². The van der Waals surface area contributed by atoms with E-state index in [1.54, 1.807) is 0 Å². The van der Waals surface area contributed by atoms with Crippen LogP contribution in [0.1, 0.15) is 45.0 Å². The van der Waals surface area contributed by atoms with Crippen LogP contribution in [0, 0.1) is 0 Å². The van der Waals surface area contributed by atoms with Crippen molar-refractivity contribution in [3.63, 3.8) is 0 Å². The Morgan fingerprint density at radius 3 is 2.79 bits per heavy atom. The summed E-state index contributed by atoms with van der Waals surface area (Å²) in [5.74, 6) is 1.09. The maximum atomic E-state index is 5.43. The summed E-state index contributed by atoms with van der Waals surface area (Å²) >= 11 is 0. The maximum absolute atomic E-state index is 5.43. The summed E-state index contributed by atoms with van der Waals surface area (Å²) in [7, 11) is 0. The summed E-state index contributed by atoms with van der Waals surface area (Å²) in [5, 5.41) is 8.05. The molecule has 0 saturated carbocycles. The highest BCUT2D eigenvalue weighted by Gasteiger charge is 2.05. The van der Waals surface area contributed by atoms with Gasteiger partial charge in [0.15, 0.2) is 0 Å². The molecule has 2 N–H and O–H groups in total. The van der Waals surface area contributed by atoms with Crippen LogP contribution in [0.5, 0.6) is 0 Å². The molecular weight excluding hydrogens is 176 g/mol. The SMILES string of the molecule is CC(C)n1cnnc1CCCCCN. The van der Waals surface area contributed by atoms with Crippen molar-refractivity contribution in [2.75, 3.05) is 6.54 Å². The molecule has 1 heterocycles. The van der Waals surface area contributed by atoms with Crippen LogP contribution >= 0.6 is 0 Å². The van der Waals surface area contributed by atoms with Gasteiger partial charge in [-0.3, -0.25) is 0 Å². The molecule has 4 heteroatoms. The molecule has 0 bridgehead atoms. The summed E-state index contributed by atoms with van der Waals surface area (Å²) in [5.41, 5.74) is 5.43. The maximum Gasteiger partial charge on any atom is 0.133 e. The second kappa shape index (κ2) is 5.75. The Morgan fingerprint density at radius 1 is 1.36 bits per heavy atom.